The Bertz CT molecular complexity index is 679. The van der Waals surface area contributed by atoms with E-state index in [0.717, 1.165) is 0 Å². The van der Waals surface area contributed by atoms with E-state index >= 15 is 0 Å². The van der Waals surface area contributed by atoms with Crippen molar-refractivity contribution in [3.05, 3.63) is 29.8 Å². The van der Waals surface area contributed by atoms with Crippen molar-refractivity contribution in [3.8, 4) is 0 Å². The van der Waals surface area contributed by atoms with E-state index < -0.39 is 18.4 Å². The molecule has 1 rings (SSSR count). The molecule has 1 amide bonds. The smallest absolute Gasteiger partial charge is 0.251 e. The van der Waals surface area contributed by atoms with Gasteiger partial charge < -0.3 is 33.6 Å². The van der Waals surface area contributed by atoms with Gasteiger partial charge in [-0.2, -0.15) is 0 Å². The van der Waals surface area contributed by atoms with Crippen LogP contribution in [0.15, 0.2) is 24.3 Å². The maximum Gasteiger partial charge on any atom is 0.251 e. The highest BCUT2D eigenvalue weighted by Crippen LogP contribution is 2.07. The summed E-state index contributed by atoms with van der Waals surface area (Å²) in [6.07, 6.45) is 1.35. The molecule has 0 saturated heterocycles. The Balaban J connectivity index is 2.32. The summed E-state index contributed by atoms with van der Waals surface area (Å²) in [7, 11) is 1.67. The largest absolute Gasteiger partial charge is 0.399 e. The molecular formula is C20H35N7O3. The highest BCUT2D eigenvalue weighted by atomic mass is 16.2. The number of rotatable bonds is 15. The fourth-order valence-corrected chi connectivity index (χ4v) is 2.89. The molecule has 2 atom stereocenters. The molecule has 0 aliphatic carbocycles. The third-order valence-corrected chi connectivity index (χ3v) is 4.70. The minimum atomic E-state index is -0.693. The monoisotopic (exact) mass is 421 g/mol. The van der Waals surface area contributed by atoms with Crippen molar-refractivity contribution in [3.63, 3.8) is 0 Å². The SMILES string of the molecule is CN[C@@H](CCCNC(=O)c1ccc(N)cc1)C(=O)CC(=O)[C@@H](N)CCCNC(N)N. The Kier molecular flexibility index (Phi) is 11.8. The molecule has 0 bridgehead atoms. The number of nitrogens with two attached hydrogens (primary N) is 4. The summed E-state index contributed by atoms with van der Waals surface area (Å²) >= 11 is 0. The van der Waals surface area contributed by atoms with Crippen LogP contribution in [0.1, 0.15) is 42.5 Å². The summed E-state index contributed by atoms with van der Waals surface area (Å²) in [5.41, 5.74) is 23.3. The second kappa shape index (κ2) is 13.8. The first-order valence-corrected chi connectivity index (χ1v) is 10.1. The molecule has 0 aliphatic rings. The van der Waals surface area contributed by atoms with Gasteiger partial charge in [0.05, 0.1) is 18.5 Å². The lowest BCUT2D eigenvalue weighted by Gasteiger charge is -2.17. The lowest BCUT2D eigenvalue weighted by atomic mass is 9.98. The number of likely N-dealkylation sites (N-methyl/N-ethyl adjacent to an activating group) is 1. The number of carbonyl (C=O) groups excluding carboxylic acids is 3. The van der Waals surface area contributed by atoms with Gasteiger partial charge in [-0.25, -0.2) is 0 Å². The van der Waals surface area contributed by atoms with E-state index in [4.69, 9.17) is 22.9 Å². The van der Waals surface area contributed by atoms with Gasteiger partial charge in [0, 0.05) is 17.8 Å². The van der Waals surface area contributed by atoms with Gasteiger partial charge in [-0.15, -0.1) is 0 Å². The van der Waals surface area contributed by atoms with E-state index in [-0.39, 0.29) is 23.9 Å². The van der Waals surface area contributed by atoms with E-state index in [1.807, 2.05) is 0 Å². The highest BCUT2D eigenvalue weighted by Gasteiger charge is 2.22. The standard InChI is InChI=1S/C20H35N7O3/c1-25-16(5-3-10-26-19(30)13-6-8-14(21)9-7-13)18(29)12-17(28)15(22)4-2-11-27-20(23)24/h6-9,15-16,20,25,27H,2-5,10-12,21-24H2,1H3,(H,26,30)/t15-,16-/m0/s1. The zero-order valence-corrected chi connectivity index (χ0v) is 17.5. The number of hydrogen-bond acceptors (Lipinski definition) is 9. The number of nitrogens with one attached hydrogen (secondary N) is 3. The van der Waals surface area contributed by atoms with Gasteiger partial charge in [0.1, 0.15) is 6.29 Å². The van der Waals surface area contributed by atoms with Crippen LogP contribution in [-0.2, 0) is 9.59 Å². The Morgan fingerprint density at radius 1 is 0.933 bits per heavy atom. The lowest BCUT2D eigenvalue weighted by Crippen LogP contribution is -2.46. The molecule has 0 spiro atoms. The number of nitrogen functional groups attached to an aromatic ring is 1. The first-order valence-electron chi connectivity index (χ1n) is 10.1. The zero-order chi connectivity index (χ0) is 22.5. The molecule has 0 heterocycles. The first kappa shape index (κ1) is 25.7. The van der Waals surface area contributed by atoms with Crippen molar-refractivity contribution >= 4 is 23.2 Å². The van der Waals surface area contributed by atoms with Gasteiger partial charge in [-0.05, 0) is 63.5 Å². The highest BCUT2D eigenvalue weighted by molar-refractivity contribution is 6.03. The number of Topliss-reactive ketones (excluding diaryl/α,β-unsaturated/α-hetero) is 2. The van der Waals surface area contributed by atoms with Crippen LogP contribution in [0, 0.1) is 0 Å². The molecule has 0 aliphatic heterocycles. The van der Waals surface area contributed by atoms with Gasteiger partial charge in [-0.1, -0.05) is 0 Å². The minimum Gasteiger partial charge on any atom is -0.399 e. The average molecular weight is 422 g/mol. The van der Waals surface area contributed by atoms with Crippen LogP contribution in [0.25, 0.3) is 0 Å². The number of carbonyl (C=O) groups is 3. The van der Waals surface area contributed by atoms with Crippen LogP contribution in [0.3, 0.4) is 0 Å². The third kappa shape index (κ3) is 9.90. The Labute approximate surface area is 177 Å². The maximum atomic E-state index is 12.4. The van der Waals surface area contributed by atoms with Gasteiger partial charge in [0.25, 0.3) is 5.91 Å². The van der Waals surface area contributed by atoms with Crippen LogP contribution in [0.2, 0.25) is 0 Å². The van der Waals surface area contributed by atoms with Crippen LogP contribution in [0.5, 0.6) is 0 Å². The van der Waals surface area contributed by atoms with Crippen molar-refractivity contribution in [2.24, 2.45) is 17.2 Å². The zero-order valence-electron chi connectivity index (χ0n) is 17.5. The second-order valence-corrected chi connectivity index (χ2v) is 7.20. The molecule has 0 saturated carbocycles. The second-order valence-electron chi connectivity index (χ2n) is 7.20. The van der Waals surface area contributed by atoms with Crippen LogP contribution in [-0.4, -0.2) is 56.0 Å². The van der Waals surface area contributed by atoms with Gasteiger partial charge >= 0.3 is 0 Å². The van der Waals surface area contributed by atoms with E-state index in [9.17, 15) is 14.4 Å². The van der Waals surface area contributed by atoms with Crippen LogP contribution >= 0.6 is 0 Å². The number of benzene rings is 1. The number of ketones is 2. The average Bonchev–Trinajstić information content (AvgIpc) is 2.71. The predicted molar refractivity (Wildman–Crippen MR) is 117 cm³/mol. The van der Waals surface area contributed by atoms with Crippen LogP contribution in [0.4, 0.5) is 5.69 Å². The quantitative estimate of drug-likeness (QED) is 0.0788. The van der Waals surface area contributed by atoms with E-state index in [1.165, 1.54) is 0 Å². The fourth-order valence-electron chi connectivity index (χ4n) is 2.89. The summed E-state index contributed by atoms with van der Waals surface area (Å²) in [5.74, 6) is -0.688. The molecule has 0 aromatic heterocycles. The van der Waals surface area contributed by atoms with Gasteiger partial charge in [-0.3, -0.25) is 19.7 Å². The minimum absolute atomic E-state index is 0.200. The van der Waals surface area contributed by atoms with E-state index in [2.05, 4.69) is 16.0 Å². The molecule has 0 unspecified atom stereocenters. The Hall–Kier alpha value is -2.37. The molecule has 1 aromatic rings. The molecule has 11 N–H and O–H groups in total. The molecule has 1 aromatic carbocycles. The summed E-state index contributed by atoms with van der Waals surface area (Å²) in [6.45, 7) is 0.965. The van der Waals surface area contributed by atoms with E-state index in [0.29, 0.717) is 50.0 Å². The molecule has 10 heteroatoms. The molecule has 10 nitrogen and oxygen atoms in total. The van der Waals surface area contributed by atoms with Crippen molar-refractivity contribution in [2.75, 3.05) is 25.9 Å². The lowest BCUT2D eigenvalue weighted by molar-refractivity contribution is -0.129. The van der Waals surface area contributed by atoms with Crippen LogP contribution < -0.4 is 38.9 Å². The van der Waals surface area contributed by atoms with Crippen molar-refractivity contribution in [1.29, 1.82) is 0 Å². The summed E-state index contributed by atoms with van der Waals surface area (Å²) in [6, 6.07) is 5.47. The predicted octanol–water partition coefficient (Wildman–Crippen LogP) is -1.21. The normalized spacial score (nSPS) is 13.1. The molecule has 30 heavy (non-hydrogen) atoms. The van der Waals surface area contributed by atoms with Crippen molar-refractivity contribution in [1.82, 2.24) is 16.0 Å². The number of anilines is 1. The summed E-state index contributed by atoms with van der Waals surface area (Å²) in [4.78, 5) is 36.7. The molecular weight excluding hydrogens is 386 g/mol. The maximum absolute atomic E-state index is 12.4. The Morgan fingerprint density at radius 3 is 2.17 bits per heavy atom. The Morgan fingerprint density at radius 2 is 1.57 bits per heavy atom. The fraction of sp³-hybridized carbons (Fsp3) is 0.550. The first-order chi connectivity index (χ1) is 14.2. The molecule has 0 fully saturated rings. The topological polar surface area (TPSA) is 191 Å². The number of hydrogen-bond donors (Lipinski definition) is 7. The van der Waals surface area contributed by atoms with Crippen molar-refractivity contribution < 1.29 is 14.4 Å². The molecule has 168 valence electrons. The summed E-state index contributed by atoms with van der Waals surface area (Å²) < 4.78 is 0. The molecule has 0 radical (unpaired) electrons. The summed E-state index contributed by atoms with van der Waals surface area (Å²) in [5, 5.41) is 8.57. The van der Waals surface area contributed by atoms with Crippen molar-refractivity contribution in [2.45, 2.75) is 50.5 Å². The van der Waals surface area contributed by atoms with Gasteiger partial charge in [0.15, 0.2) is 11.6 Å². The van der Waals surface area contributed by atoms with E-state index in [1.54, 1.807) is 31.3 Å². The third-order valence-electron chi connectivity index (χ3n) is 4.70. The number of amides is 1. The van der Waals surface area contributed by atoms with Gasteiger partial charge in [0.2, 0.25) is 0 Å².